The molecule has 9 heteroatoms. The standard InChI is InChI=1S/C19H19F3N2O4/c20-19(21,22)13-8-12(6-7-16(13)25)10-15(18(27)28)24-17(26)14(23)9-11-4-2-1-3-5-11/h1-8,14-15,25H,9-10,23H2,(H,24,26)(H,27,28)/p+1/t14-,15-/m0/s1. The summed E-state index contributed by atoms with van der Waals surface area (Å²) in [6.45, 7) is 0. The number of aromatic hydroxyl groups is 1. The number of quaternary nitrogens is 1. The number of hydrogen-bond donors (Lipinski definition) is 4. The molecule has 0 spiro atoms. The summed E-state index contributed by atoms with van der Waals surface area (Å²) in [7, 11) is 0. The van der Waals surface area contributed by atoms with Crippen LogP contribution in [-0.4, -0.2) is 34.2 Å². The molecule has 0 saturated carbocycles. The Labute approximate surface area is 158 Å². The van der Waals surface area contributed by atoms with Crippen LogP contribution in [0.4, 0.5) is 13.2 Å². The first-order chi connectivity index (χ1) is 13.1. The first-order valence-corrected chi connectivity index (χ1v) is 8.37. The van der Waals surface area contributed by atoms with Gasteiger partial charge in [-0.2, -0.15) is 13.2 Å². The van der Waals surface area contributed by atoms with Gasteiger partial charge in [0.1, 0.15) is 11.8 Å². The molecule has 0 aromatic heterocycles. The van der Waals surface area contributed by atoms with E-state index in [1.54, 1.807) is 24.3 Å². The molecule has 1 amide bonds. The lowest BCUT2D eigenvalue weighted by Gasteiger charge is -2.17. The third-order valence-corrected chi connectivity index (χ3v) is 4.12. The molecule has 6 nitrogen and oxygen atoms in total. The highest BCUT2D eigenvalue weighted by Crippen LogP contribution is 2.36. The highest BCUT2D eigenvalue weighted by Gasteiger charge is 2.34. The number of rotatable bonds is 7. The van der Waals surface area contributed by atoms with Crippen molar-refractivity contribution < 1.29 is 38.7 Å². The summed E-state index contributed by atoms with van der Waals surface area (Å²) in [5.41, 5.74) is 3.32. The van der Waals surface area contributed by atoms with Crippen molar-refractivity contribution >= 4 is 11.9 Å². The van der Waals surface area contributed by atoms with Crippen molar-refractivity contribution in [3.05, 3.63) is 65.2 Å². The van der Waals surface area contributed by atoms with Crippen LogP contribution < -0.4 is 11.1 Å². The molecule has 0 aliphatic carbocycles. The number of aliphatic carboxylic acids is 1. The number of benzene rings is 2. The maximum absolute atomic E-state index is 12.9. The topological polar surface area (TPSA) is 114 Å². The van der Waals surface area contributed by atoms with Gasteiger partial charge in [0, 0.05) is 12.8 Å². The molecular weight excluding hydrogens is 377 g/mol. The van der Waals surface area contributed by atoms with Crippen molar-refractivity contribution in [2.75, 3.05) is 0 Å². The van der Waals surface area contributed by atoms with E-state index in [1.807, 2.05) is 6.07 Å². The molecule has 2 rings (SSSR count). The first kappa shape index (κ1) is 21.2. The molecule has 28 heavy (non-hydrogen) atoms. The monoisotopic (exact) mass is 397 g/mol. The highest BCUT2D eigenvalue weighted by molar-refractivity contribution is 5.86. The summed E-state index contributed by atoms with van der Waals surface area (Å²) in [4.78, 5) is 23.7. The van der Waals surface area contributed by atoms with Gasteiger partial charge < -0.3 is 21.3 Å². The average molecular weight is 397 g/mol. The van der Waals surface area contributed by atoms with Crippen LogP contribution in [0.3, 0.4) is 0 Å². The van der Waals surface area contributed by atoms with Crippen molar-refractivity contribution in [3.63, 3.8) is 0 Å². The van der Waals surface area contributed by atoms with Crippen molar-refractivity contribution in [1.82, 2.24) is 5.32 Å². The van der Waals surface area contributed by atoms with Crippen molar-refractivity contribution in [3.8, 4) is 5.75 Å². The van der Waals surface area contributed by atoms with Crippen molar-refractivity contribution in [1.29, 1.82) is 0 Å². The number of phenols is 1. The average Bonchev–Trinajstić information content (AvgIpc) is 2.62. The van der Waals surface area contributed by atoms with Crippen LogP contribution in [-0.2, 0) is 28.6 Å². The Morgan fingerprint density at radius 1 is 1.04 bits per heavy atom. The third-order valence-electron chi connectivity index (χ3n) is 4.12. The number of amides is 1. The van der Waals surface area contributed by atoms with Gasteiger partial charge in [0.25, 0.3) is 5.91 Å². The smallest absolute Gasteiger partial charge is 0.419 e. The molecule has 2 aromatic rings. The zero-order chi connectivity index (χ0) is 20.9. The molecule has 150 valence electrons. The second kappa shape index (κ2) is 8.75. The second-order valence-corrected chi connectivity index (χ2v) is 6.34. The fourth-order valence-corrected chi connectivity index (χ4v) is 2.65. The van der Waals surface area contributed by atoms with E-state index in [9.17, 15) is 33.0 Å². The van der Waals surface area contributed by atoms with E-state index in [0.717, 1.165) is 11.6 Å². The van der Waals surface area contributed by atoms with E-state index in [-0.39, 0.29) is 18.4 Å². The number of carbonyl (C=O) groups is 2. The Morgan fingerprint density at radius 2 is 1.68 bits per heavy atom. The highest BCUT2D eigenvalue weighted by atomic mass is 19.4. The maximum Gasteiger partial charge on any atom is 0.419 e. The number of phenolic OH excluding ortho intramolecular Hbond substituents is 1. The molecule has 6 N–H and O–H groups in total. The summed E-state index contributed by atoms with van der Waals surface area (Å²) < 4.78 is 38.7. The maximum atomic E-state index is 12.9. The van der Waals surface area contributed by atoms with Crippen LogP contribution in [0.1, 0.15) is 16.7 Å². The van der Waals surface area contributed by atoms with Gasteiger partial charge >= 0.3 is 12.1 Å². The van der Waals surface area contributed by atoms with Crippen LogP contribution >= 0.6 is 0 Å². The van der Waals surface area contributed by atoms with Gasteiger partial charge in [0.15, 0.2) is 6.04 Å². The number of nitrogens with one attached hydrogen (secondary N) is 1. The molecule has 0 unspecified atom stereocenters. The van der Waals surface area contributed by atoms with Gasteiger partial charge in [-0.05, 0) is 23.3 Å². The van der Waals surface area contributed by atoms with Gasteiger partial charge in [-0.15, -0.1) is 0 Å². The van der Waals surface area contributed by atoms with Crippen LogP contribution in [0.25, 0.3) is 0 Å². The minimum Gasteiger partial charge on any atom is -0.507 e. The van der Waals surface area contributed by atoms with E-state index in [1.165, 1.54) is 6.07 Å². The molecule has 0 heterocycles. The summed E-state index contributed by atoms with van der Waals surface area (Å²) in [6, 6.07) is 9.50. The number of carboxylic acid groups (broad SMARTS) is 1. The molecule has 0 saturated heterocycles. The Kier molecular flexibility index (Phi) is 6.63. The first-order valence-electron chi connectivity index (χ1n) is 8.37. The molecule has 0 radical (unpaired) electrons. The summed E-state index contributed by atoms with van der Waals surface area (Å²) in [5.74, 6) is -2.96. The fraction of sp³-hybridized carbons (Fsp3) is 0.263. The minimum atomic E-state index is -4.78. The van der Waals surface area contributed by atoms with Crippen LogP contribution in [0.15, 0.2) is 48.5 Å². The van der Waals surface area contributed by atoms with Crippen LogP contribution in [0.2, 0.25) is 0 Å². The Hall–Kier alpha value is -3.07. The van der Waals surface area contributed by atoms with E-state index in [4.69, 9.17) is 0 Å². The Morgan fingerprint density at radius 3 is 2.25 bits per heavy atom. The molecule has 2 atom stereocenters. The van der Waals surface area contributed by atoms with Crippen LogP contribution in [0, 0.1) is 0 Å². The lowest BCUT2D eigenvalue weighted by Crippen LogP contribution is -2.69. The van der Waals surface area contributed by atoms with Crippen molar-refractivity contribution in [2.45, 2.75) is 31.1 Å². The third kappa shape index (κ3) is 5.71. The lowest BCUT2D eigenvalue weighted by molar-refractivity contribution is -0.403. The summed E-state index contributed by atoms with van der Waals surface area (Å²) in [6.07, 6.45) is -4.87. The fourth-order valence-electron chi connectivity index (χ4n) is 2.65. The van der Waals surface area contributed by atoms with E-state index in [2.05, 4.69) is 11.1 Å². The summed E-state index contributed by atoms with van der Waals surface area (Å²) >= 11 is 0. The molecule has 2 aromatic carbocycles. The molecule has 0 bridgehead atoms. The van der Waals surface area contributed by atoms with Crippen molar-refractivity contribution in [2.24, 2.45) is 0 Å². The molecule has 0 aliphatic heterocycles. The SMILES string of the molecule is [NH3+][C@@H](Cc1ccccc1)C(=O)N[C@@H](Cc1ccc(O)c(C(F)(F)F)c1)C(=O)O. The van der Waals surface area contributed by atoms with Gasteiger partial charge in [-0.25, -0.2) is 4.79 Å². The second-order valence-electron chi connectivity index (χ2n) is 6.34. The lowest BCUT2D eigenvalue weighted by atomic mass is 10.0. The van der Waals surface area contributed by atoms with E-state index in [0.29, 0.717) is 6.07 Å². The van der Waals surface area contributed by atoms with Gasteiger partial charge in [0.05, 0.1) is 5.56 Å². The van der Waals surface area contributed by atoms with Gasteiger partial charge in [-0.3, -0.25) is 4.79 Å². The van der Waals surface area contributed by atoms with E-state index < -0.39 is 41.4 Å². The number of hydrogen-bond acceptors (Lipinski definition) is 3. The quantitative estimate of drug-likeness (QED) is 0.565. The van der Waals surface area contributed by atoms with Gasteiger partial charge in [-0.1, -0.05) is 36.4 Å². The zero-order valence-corrected chi connectivity index (χ0v) is 14.7. The molecule has 0 aliphatic rings. The Bertz CT molecular complexity index is 841. The number of alkyl halides is 3. The summed E-state index contributed by atoms with van der Waals surface area (Å²) in [5, 5.41) is 21.0. The Balaban J connectivity index is 2.09. The number of carboxylic acids is 1. The molecular formula is C19H20F3N2O4+. The molecule has 0 fully saturated rings. The largest absolute Gasteiger partial charge is 0.507 e. The number of carbonyl (C=O) groups excluding carboxylic acids is 1. The van der Waals surface area contributed by atoms with Crippen LogP contribution in [0.5, 0.6) is 5.75 Å². The normalized spacial score (nSPS) is 13.6. The number of halogens is 3. The zero-order valence-electron chi connectivity index (χ0n) is 14.7. The minimum absolute atomic E-state index is 0.0153. The predicted octanol–water partition coefficient (Wildman–Crippen LogP) is 1.38. The van der Waals surface area contributed by atoms with E-state index >= 15 is 0 Å². The predicted molar refractivity (Wildman–Crippen MR) is 93.2 cm³/mol. The van der Waals surface area contributed by atoms with Gasteiger partial charge in [0.2, 0.25) is 0 Å².